The van der Waals surface area contributed by atoms with Crippen molar-refractivity contribution in [3.05, 3.63) is 105 Å². The van der Waals surface area contributed by atoms with Crippen molar-refractivity contribution < 1.29 is 9.59 Å². The lowest BCUT2D eigenvalue weighted by Crippen LogP contribution is -2.37. The Balaban J connectivity index is 0.000000164. The standard InChI is InChI=1S/C21H20ClN5O.C15H11ClN4.C7H13NO/c1-12-6-19-14(7-18(12)24-2)16(15-8-25-9-17(23)21(15)22)11-27(19)13-4-5-20(28)26(3)10-13;1-8-3-14-9(4-13(8)18-2)10(6-20-14)11-5-19-7-12(17)15(11)16;1-6-3-4-7(9)8(2)5-6/h6-9,11,13H,4-5,10,23H2,1,3H3;3-7,20H,17H2,1H3;6H,3-5H2,1-2H3. The molecular weight excluding hydrogens is 759 g/mol. The number of likely N-dealkylation sites (tertiary alicyclic amines) is 2. The van der Waals surface area contributed by atoms with Crippen molar-refractivity contribution in [1.29, 1.82) is 0 Å². The van der Waals surface area contributed by atoms with Gasteiger partial charge >= 0.3 is 0 Å². The van der Waals surface area contributed by atoms with E-state index in [1.165, 1.54) is 12.4 Å². The van der Waals surface area contributed by atoms with E-state index in [9.17, 15) is 9.59 Å². The van der Waals surface area contributed by atoms with E-state index in [2.05, 4.69) is 42.3 Å². The molecule has 2 aliphatic heterocycles. The molecule has 0 saturated carbocycles. The third-order valence-electron chi connectivity index (χ3n) is 10.6. The number of aromatic amines is 1. The van der Waals surface area contributed by atoms with Gasteiger partial charge in [-0.3, -0.25) is 19.6 Å². The third kappa shape index (κ3) is 8.39. The van der Waals surface area contributed by atoms with E-state index in [1.807, 2.05) is 63.3 Å². The van der Waals surface area contributed by atoms with Crippen LogP contribution in [0.25, 0.3) is 53.7 Å². The number of rotatable bonds is 3. The molecule has 4 aromatic heterocycles. The Hall–Kier alpha value is -6.08. The van der Waals surface area contributed by atoms with Crippen molar-refractivity contribution in [3.8, 4) is 22.3 Å². The van der Waals surface area contributed by atoms with Crippen molar-refractivity contribution in [2.24, 2.45) is 5.92 Å². The number of carbonyl (C=O) groups excluding carboxylic acids is 2. The summed E-state index contributed by atoms with van der Waals surface area (Å²) in [6.45, 7) is 22.3. The average Bonchev–Trinajstić information content (AvgIpc) is 3.77. The molecule has 292 valence electrons. The van der Waals surface area contributed by atoms with Gasteiger partial charge in [-0.1, -0.05) is 30.1 Å². The van der Waals surface area contributed by atoms with E-state index in [-0.39, 0.29) is 11.9 Å². The van der Waals surface area contributed by atoms with Gasteiger partial charge in [-0.15, -0.1) is 0 Å². The maximum absolute atomic E-state index is 11.9. The number of hydrogen-bond donors (Lipinski definition) is 3. The fraction of sp³-hybridized carbons (Fsp3) is 0.302. The number of carbonyl (C=O) groups is 2. The number of aryl methyl sites for hydroxylation is 2. The smallest absolute Gasteiger partial charge is 0.222 e. The molecule has 57 heavy (non-hydrogen) atoms. The number of fused-ring (bicyclic) bond motifs is 2. The van der Waals surface area contributed by atoms with Crippen LogP contribution in [0.2, 0.25) is 10.0 Å². The van der Waals surface area contributed by atoms with E-state index in [4.69, 9.17) is 47.8 Å². The predicted molar refractivity (Wildman–Crippen MR) is 229 cm³/mol. The number of likely N-dealkylation sites (N-methyl/N-ethyl adjacent to an activating group) is 1. The Labute approximate surface area is 342 Å². The first-order chi connectivity index (χ1) is 27.2. The van der Waals surface area contributed by atoms with Crippen molar-refractivity contribution in [1.82, 2.24) is 29.3 Å². The first-order valence-corrected chi connectivity index (χ1v) is 19.3. The highest BCUT2D eigenvalue weighted by atomic mass is 35.5. The van der Waals surface area contributed by atoms with Gasteiger partial charge in [-0.25, -0.2) is 9.69 Å². The number of nitrogens with zero attached hydrogens (tertiary/aromatic N) is 7. The Morgan fingerprint density at radius 3 is 1.86 bits per heavy atom. The van der Waals surface area contributed by atoms with Crippen LogP contribution in [0.1, 0.15) is 49.8 Å². The monoisotopic (exact) mass is 802 g/mol. The summed E-state index contributed by atoms with van der Waals surface area (Å²) in [6.07, 6.45) is 13.5. The van der Waals surface area contributed by atoms with Gasteiger partial charge in [0.25, 0.3) is 0 Å². The minimum absolute atomic E-state index is 0.157. The largest absolute Gasteiger partial charge is 0.396 e. The average molecular weight is 804 g/mol. The Bertz CT molecular complexity index is 2600. The van der Waals surface area contributed by atoms with Crippen molar-refractivity contribution in [2.75, 3.05) is 38.7 Å². The Morgan fingerprint density at radius 1 is 0.754 bits per heavy atom. The van der Waals surface area contributed by atoms with Gasteiger partial charge in [0, 0.05) is 98.1 Å². The van der Waals surface area contributed by atoms with Gasteiger partial charge in [0.1, 0.15) is 0 Å². The van der Waals surface area contributed by atoms with Gasteiger partial charge in [0.2, 0.25) is 11.8 Å². The molecule has 0 radical (unpaired) electrons. The van der Waals surface area contributed by atoms with Gasteiger partial charge < -0.3 is 30.8 Å². The second-order valence-electron chi connectivity index (χ2n) is 14.8. The molecule has 2 saturated heterocycles. The summed E-state index contributed by atoms with van der Waals surface area (Å²) in [5, 5.41) is 2.81. The molecule has 2 atom stereocenters. The lowest BCUT2D eigenvalue weighted by Gasteiger charge is -2.31. The van der Waals surface area contributed by atoms with Crippen LogP contribution in [0.15, 0.2) is 61.4 Å². The van der Waals surface area contributed by atoms with Crippen LogP contribution in [0.4, 0.5) is 22.7 Å². The number of nitrogens with two attached hydrogens (primary N) is 2. The molecule has 0 spiro atoms. The molecule has 2 amide bonds. The van der Waals surface area contributed by atoms with Crippen molar-refractivity contribution >= 4 is 79.6 Å². The van der Waals surface area contributed by atoms with Crippen molar-refractivity contribution in [2.45, 2.75) is 52.5 Å². The van der Waals surface area contributed by atoms with E-state index >= 15 is 0 Å². The molecule has 6 heterocycles. The van der Waals surface area contributed by atoms with E-state index in [0.717, 1.165) is 81.0 Å². The molecule has 12 nitrogen and oxygen atoms in total. The predicted octanol–water partition coefficient (Wildman–Crippen LogP) is 9.79. The maximum Gasteiger partial charge on any atom is 0.222 e. The fourth-order valence-electron chi connectivity index (χ4n) is 7.37. The molecular formula is C43H44Cl2N10O2. The quantitative estimate of drug-likeness (QED) is 0.152. The van der Waals surface area contributed by atoms with Gasteiger partial charge in [0.15, 0.2) is 11.4 Å². The first kappa shape index (κ1) is 40.6. The van der Waals surface area contributed by atoms with Crippen LogP contribution in [0.5, 0.6) is 0 Å². The van der Waals surface area contributed by atoms with Crippen LogP contribution in [-0.4, -0.2) is 68.3 Å². The molecule has 2 aromatic carbocycles. The summed E-state index contributed by atoms with van der Waals surface area (Å²) in [5.41, 5.74) is 21.0. The summed E-state index contributed by atoms with van der Waals surface area (Å²) < 4.78 is 2.20. The summed E-state index contributed by atoms with van der Waals surface area (Å²) in [4.78, 5) is 45.0. The molecule has 8 rings (SSSR count). The van der Waals surface area contributed by atoms with Crippen LogP contribution in [0.3, 0.4) is 0 Å². The molecule has 6 aromatic rings. The van der Waals surface area contributed by atoms with Gasteiger partial charge in [0.05, 0.1) is 53.0 Å². The van der Waals surface area contributed by atoms with E-state index < -0.39 is 0 Å². The van der Waals surface area contributed by atoms with Gasteiger partial charge in [-0.2, -0.15) is 0 Å². The number of aromatic nitrogens is 4. The zero-order valence-electron chi connectivity index (χ0n) is 32.5. The molecule has 5 N–H and O–H groups in total. The zero-order chi connectivity index (χ0) is 41.1. The normalized spacial score (nSPS) is 16.7. The number of pyridine rings is 2. The highest BCUT2D eigenvalue weighted by Crippen LogP contribution is 2.42. The lowest BCUT2D eigenvalue weighted by molar-refractivity contribution is -0.133. The molecule has 14 heteroatoms. The SMILES string of the molecule is CC1CCC(=O)N(C)C1.[C-]#[N+]c1cc2c(-c3cncc(N)c3Cl)c[nH]c2cc1C.[C-]#[N+]c1cc2c(-c3cncc(N)c3Cl)cn(C3CCC(=O)N(C)C3)c2cc1C. The minimum atomic E-state index is 0.157. The number of benzene rings is 2. The molecule has 2 aliphatic rings. The topological polar surface area (TPSA) is 148 Å². The number of amides is 2. The van der Waals surface area contributed by atoms with Crippen LogP contribution in [0, 0.1) is 32.9 Å². The number of hydrogen-bond acceptors (Lipinski definition) is 6. The van der Waals surface area contributed by atoms with Crippen LogP contribution in [-0.2, 0) is 9.59 Å². The second kappa shape index (κ2) is 17.0. The van der Waals surface area contributed by atoms with E-state index in [1.54, 1.807) is 17.3 Å². The highest BCUT2D eigenvalue weighted by molar-refractivity contribution is 6.36. The number of piperidine rings is 2. The number of nitrogens with one attached hydrogen (secondary N) is 1. The summed E-state index contributed by atoms with van der Waals surface area (Å²) in [6, 6.07) is 7.92. The van der Waals surface area contributed by atoms with Crippen LogP contribution < -0.4 is 11.5 Å². The molecule has 2 fully saturated rings. The zero-order valence-corrected chi connectivity index (χ0v) is 34.0. The first-order valence-electron chi connectivity index (χ1n) is 18.5. The molecule has 0 bridgehead atoms. The number of H-pyrrole nitrogens is 1. The van der Waals surface area contributed by atoms with Gasteiger partial charge in [-0.05, 0) is 78.8 Å². The Morgan fingerprint density at radius 2 is 1.30 bits per heavy atom. The number of nitrogen functional groups attached to an aromatic ring is 2. The Kier molecular flexibility index (Phi) is 12.1. The van der Waals surface area contributed by atoms with Crippen LogP contribution >= 0.6 is 23.2 Å². The number of anilines is 2. The second-order valence-corrected chi connectivity index (χ2v) is 15.5. The summed E-state index contributed by atoms with van der Waals surface area (Å²) in [7, 11) is 3.71. The summed E-state index contributed by atoms with van der Waals surface area (Å²) >= 11 is 12.7. The minimum Gasteiger partial charge on any atom is -0.396 e. The maximum atomic E-state index is 11.9. The molecule has 2 unspecified atom stereocenters. The van der Waals surface area contributed by atoms with E-state index in [0.29, 0.717) is 57.6 Å². The number of halogens is 2. The summed E-state index contributed by atoms with van der Waals surface area (Å²) in [5.74, 6) is 1.17. The molecule has 0 aliphatic carbocycles. The fourth-order valence-corrected chi connectivity index (χ4v) is 7.77. The lowest BCUT2D eigenvalue weighted by atomic mass is 10.0. The van der Waals surface area contributed by atoms with Crippen molar-refractivity contribution in [3.63, 3.8) is 0 Å². The third-order valence-corrected chi connectivity index (χ3v) is 11.5. The highest BCUT2D eigenvalue weighted by Gasteiger charge is 2.27.